The molecule has 1 aromatic rings. The Labute approximate surface area is 77.1 Å². The van der Waals surface area contributed by atoms with Crippen molar-refractivity contribution in [1.82, 2.24) is 0 Å². The van der Waals surface area contributed by atoms with Gasteiger partial charge in [0.2, 0.25) is 0 Å². The molecule has 3 N–H and O–H groups in total. The highest BCUT2D eigenvalue weighted by Crippen LogP contribution is 2.23. The second-order valence-electron chi connectivity index (χ2n) is 2.08. The minimum Gasteiger partial charge on any atom is -0.322 e. The van der Waals surface area contributed by atoms with Crippen LogP contribution in [0.15, 0.2) is 18.2 Å². The molecular weight excluding hydrogens is 183 g/mol. The highest BCUT2D eigenvalue weighted by Gasteiger charge is 1.98. The summed E-state index contributed by atoms with van der Waals surface area (Å²) < 4.78 is 0. The molecule has 0 radical (unpaired) electrons. The van der Waals surface area contributed by atoms with Crippen LogP contribution in [0, 0.1) is 6.92 Å². The van der Waals surface area contributed by atoms with Gasteiger partial charge < -0.3 is 5.43 Å². The van der Waals surface area contributed by atoms with Crippen molar-refractivity contribution in [2.24, 2.45) is 5.84 Å². The number of anilines is 1. The molecule has 0 aliphatic heterocycles. The maximum absolute atomic E-state index is 5.79. The molecule has 0 saturated carbocycles. The molecule has 0 fully saturated rings. The van der Waals surface area contributed by atoms with E-state index in [-0.39, 0.29) is 12.4 Å². The van der Waals surface area contributed by atoms with E-state index in [1.54, 1.807) is 6.07 Å². The van der Waals surface area contributed by atoms with Gasteiger partial charge in [0.05, 0.1) is 10.7 Å². The lowest BCUT2D eigenvalue weighted by molar-refractivity contribution is 1.31. The Hall–Kier alpha value is -0.440. The second-order valence-corrected chi connectivity index (χ2v) is 2.48. The number of hydrazine groups is 1. The van der Waals surface area contributed by atoms with Crippen molar-refractivity contribution < 1.29 is 0 Å². The van der Waals surface area contributed by atoms with Crippen LogP contribution in [0.3, 0.4) is 0 Å². The number of halogens is 2. The smallest absolute Gasteiger partial charge is 0.0701 e. The van der Waals surface area contributed by atoms with Gasteiger partial charge >= 0.3 is 0 Å². The molecule has 62 valence electrons. The maximum atomic E-state index is 5.79. The van der Waals surface area contributed by atoms with E-state index in [4.69, 9.17) is 17.4 Å². The molecule has 0 spiro atoms. The summed E-state index contributed by atoms with van der Waals surface area (Å²) in [5, 5.41) is 0.655. The third-order valence-electron chi connectivity index (χ3n) is 1.37. The lowest BCUT2D eigenvalue weighted by atomic mass is 10.2. The van der Waals surface area contributed by atoms with Crippen molar-refractivity contribution in [3.8, 4) is 0 Å². The summed E-state index contributed by atoms with van der Waals surface area (Å²) in [6.07, 6.45) is 0. The fourth-order valence-corrected chi connectivity index (χ4v) is 1.09. The van der Waals surface area contributed by atoms with Crippen LogP contribution in [-0.2, 0) is 0 Å². The zero-order valence-corrected chi connectivity index (χ0v) is 7.67. The van der Waals surface area contributed by atoms with Crippen molar-refractivity contribution in [3.05, 3.63) is 28.8 Å². The van der Waals surface area contributed by atoms with Crippen LogP contribution in [0.25, 0.3) is 0 Å². The normalized spacial score (nSPS) is 8.64. The van der Waals surface area contributed by atoms with Gasteiger partial charge in [-0.3, -0.25) is 5.84 Å². The first-order valence-electron chi connectivity index (χ1n) is 2.97. The van der Waals surface area contributed by atoms with E-state index in [0.717, 1.165) is 11.3 Å². The Morgan fingerprint density at radius 2 is 2.09 bits per heavy atom. The molecule has 0 amide bonds. The van der Waals surface area contributed by atoms with Crippen LogP contribution in [0.1, 0.15) is 5.56 Å². The Morgan fingerprint density at radius 3 is 2.45 bits per heavy atom. The quantitative estimate of drug-likeness (QED) is 0.530. The van der Waals surface area contributed by atoms with Crippen molar-refractivity contribution in [1.29, 1.82) is 0 Å². The number of nitrogens with two attached hydrogens (primary N) is 1. The molecule has 2 nitrogen and oxygen atoms in total. The van der Waals surface area contributed by atoms with Crippen LogP contribution in [0.2, 0.25) is 5.02 Å². The summed E-state index contributed by atoms with van der Waals surface area (Å²) in [5.41, 5.74) is 4.38. The fourth-order valence-electron chi connectivity index (χ4n) is 0.815. The monoisotopic (exact) mass is 192 g/mol. The van der Waals surface area contributed by atoms with Gasteiger partial charge in [0.25, 0.3) is 0 Å². The van der Waals surface area contributed by atoms with E-state index in [1.807, 2.05) is 19.1 Å². The van der Waals surface area contributed by atoms with E-state index in [0.29, 0.717) is 5.02 Å². The lowest BCUT2D eigenvalue weighted by Gasteiger charge is -2.05. The Balaban J connectivity index is 0.000001000. The number of nitrogens with one attached hydrogen (secondary N) is 1. The molecule has 1 aromatic carbocycles. The average Bonchev–Trinajstić information content (AvgIpc) is 1.88. The number of para-hydroxylation sites is 1. The van der Waals surface area contributed by atoms with Gasteiger partial charge in [-0.05, 0) is 18.6 Å². The summed E-state index contributed by atoms with van der Waals surface area (Å²) in [4.78, 5) is 0. The average molecular weight is 193 g/mol. The molecule has 4 heteroatoms. The van der Waals surface area contributed by atoms with Gasteiger partial charge in [0, 0.05) is 0 Å². The van der Waals surface area contributed by atoms with Gasteiger partial charge in [0.1, 0.15) is 0 Å². The highest BCUT2D eigenvalue weighted by molar-refractivity contribution is 6.33. The number of aryl methyl sites for hydroxylation is 1. The van der Waals surface area contributed by atoms with Gasteiger partial charge in [-0.2, -0.15) is 0 Å². The second kappa shape index (κ2) is 4.44. The molecule has 0 bridgehead atoms. The first kappa shape index (κ1) is 10.6. The highest BCUT2D eigenvalue weighted by atomic mass is 35.5. The molecule has 0 saturated heterocycles. The van der Waals surface area contributed by atoms with E-state index in [2.05, 4.69) is 5.43 Å². The molecule has 1 rings (SSSR count). The predicted octanol–water partition coefficient (Wildman–Crippen LogP) is 2.36. The summed E-state index contributed by atoms with van der Waals surface area (Å²) >= 11 is 5.79. The molecule has 0 aliphatic carbocycles. The molecule has 0 unspecified atom stereocenters. The van der Waals surface area contributed by atoms with E-state index in [9.17, 15) is 0 Å². The number of rotatable bonds is 1. The van der Waals surface area contributed by atoms with Crippen molar-refractivity contribution >= 4 is 29.7 Å². The largest absolute Gasteiger partial charge is 0.322 e. The van der Waals surface area contributed by atoms with Gasteiger partial charge in [-0.25, -0.2) is 0 Å². The number of hydrogen-bond donors (Lipinski definition) is 2. The Morgan fingerprint density at radius 1 is 1.45 bits per heavy atom. The molecule has 0 aliphatic rings. The molecular formula is C7H10Cl2N2. The minimum absolute atomic E-state index is 0. The first-order valence-corrected chi connectivity index (χ1v) is 3.35. The van der Waals surface area contributed by atoms with Crippen LogP contribution < -0.4 is 11.3 Å². The maximum Gasteiger partial charge on any atom is 0.0701 e. The SMILES string of the molecule is Cc1cccc(Cl)c1NN.Cl. The summed E-state index contributed by atoms with van der Waals surface area (Å²) in [7, 11) is 0. The van der Waals surface area contributed by atoms with Crippen molar-refractivity contribution in [2.45, 2.75) is 6.92 Å². The number of hydrogen-bond acceptors (Lipinski definition) is 2. The molecule has 0 aromatic heterocycles. The zero-order chi connectivity index (χ0) is 7.56. The first-order chi connectivity index (χ1) is 4.75. The Bertz CT molecular complexity index is 218. The summed E-state index contributed by atoms with van der Waals surface area (Å²) in [6.45, 7) is 1.95. The van der Waals surface area contributed by atoms with Crippen LogP contribution in [0.5, 0.6) is 0 Å². The summed E-state index contributed by atoms with van der Waals surface area (Å²) in [5.74, 6) is 5.22. The standard InChI is InChI=1S/C7H9ClN2.ClH/c1-5-3-2-4-6(8)7(5)10-9;/h2-4,10H,9H2,1H3;1H. The van der Waals surface area contributed by atoms with Crippen molar-refractivity contribution in [2.75, 3.05) is 5.43 Å². The van der Waals surface area contributed by atoms with Crippen molar-refractivity contribution in [3.63, 3.8) is 0 Å². The van der Waals surface area contributed by atoms with Gasteiger partial charge in [-0.15, -0.1) is 12.4 Å². The number of nitrogen functional groups attached to an aromatic ring is 1. The van der Waals surface area contributed by atoms with E-state index in [1.165, 1.54) is 0 Å². The zero-order valence-electron chi connectivity index (χ0n) is 6.10. The Kier molecular flexibility index (Phi) is 4.26. The molecule has 0 heterocycles. The van der Waals surface area contributed by atoms with E-state index >= 15 is 0 Å². The van der Waals surface area contributed by atoms with E-state index < -0.39 is 0 Å². The predicted molar refractivity (Wildman–Crippen MR) is 51.2 cm³/mol. The molecule has 11 heavy (non-hydrogen) atoms. The third kappa shape index (κ3) is 2.26. The third-order valence-corrected chi connectivity index (χ3v) is 1.68. The van der Waals surface area contributed by atoms with Crippen LogP contribution >= 0.6 is 24.0 Å². The molecule has 0 atom stereocenters. The van der Waals surface area contributed by atoms with Gasteiger partial charge in [-0.1, -0.05) is 23.7 Å². The van der Waals surface area contributed by atoms with Crippen LogP contribution in [0.4, 0.5) is 5.69 Å². The van der Waals surface area contributed by atoms with Gasteiger partial charge in [0.15, 0.2) is 0 Å². The van der Waals surface area contributed by atoms with Crippen LogP contribution in [-0.4, -0.2) is 0 Å². The number of benzene rings is 1. The topological polar surface area (TPSA) is 38.0 Å². The lowest BCUT2D eigenvalue weighted by Crippen LogP contribution is -2.08. The fraction of sp³-hybridized carbons (Fsp3) is 0.143. The minimum atomic E-state index is 0. The summed E-state index contributed by atoms with van der Waals surface area (Å²) in [6, 6.07) is 5.63.